The molecule has 25 heavy (non-hydrogen) atoms. The lowest BCUT2D eigenvalue weighted by Crippen LogP contribution is -3.61. The fourth-order valence-electron chi connectivity index (χ4n) is 2.47. The molecule has 0 saturated heterocycles. The summed E-state index contributed by atoms with van der Waals surface area (Å²) < 4.78 is 7.99. The summed E-state index contributed by atoms with van der Waals surface area (Å²) in [4.78, 5) is 13.8. The third-order valence-electron chi connectivity index (χ3n) is 3.94. The van der Waals surface area contributed by atoms with E-state index in [-0.39, 0.29) is 27.2 Å². The third kappa shape index (κ3) is 5.92. The summed E-state index contributed by atoms with van der Waals surface area (Å²) in [7, 11) is 1.69. The average Bonchev–Trinajstić information content (AvgIpc) is 2.65. The van der Waals surface area contributed by atoms with Crippen molar-refractivity contribution in [2.24, 2.45) is 0 Å². The van der Waals surface area contributed by atoms with Crippen molar-refractivity contribution in [1.82, 2.24) is 10.2 Å². The highest BCUT2D eigenvalue weighted by Crippen LogP contribution is 2.06. The maximum Gasteiger partial charge on any atom is 0.358 e. The molecule has 0 spiro atoms. The van der Waals surface area contributed by atoms with E-state index in [4.69, 9.17) is 4.74 Å². The molecule has 2 aromatic rings. The maximum absolute atomic E-state index is 12.0. The van der Waals surface area contributed by atoms with Crippen LogP contribution in [-0.4, -0.2) is 37.7 Å². The SMILES string of the molecule is CCN(CC)C(=O)NCCc1ccccc1[I+]c1ccc(OC)cc1. The Morgan fingerprint density at radius 1 is 1.08 bits per heavy atom. The van der Waals surface area contributed by atoms with Crippen LogP contribution in [0.25, 0.3) is 0 Å². The second kappa shape index (κ2) is 10.3. The van der Waals surface area contributed by atoms with Crippen LogP contribution in [0.3, 0.4) is 0 Å². The van der Waals surface area contributed by atoms with Crippen LogP contribution in [0.4, 0.5) is 4.79 Å². The summed E-state index contributed by atoms with van der Waals surface area (Å²) in [5, 5.41) is 3.02. The molecular weight excluding hydrogens is 427 g/mol. The summed E-state index contributed by atoms with van der Waals surface area (Å²) >= 11 is -0.243. The topological polar surface area (TPSA) is 41.6 Å². The summed E-state index contributed by atoms with van der Waals surface area (Å²) in [6, 6.07) is 16.9. The van der Waals surface area contributed by atoms with Gasteiger partial charge in [0.25, 0.3) is 0 Å². The van der Waals surface area contributed by atoms with Crippen molar-refractivity contribution < 1.29 is 30.7 Å². The zero-order valence-electron chi connectivity index (χ0n) is 15.1. The molecule has 4 nitrogen and oxygen atoms in total. The molecule has 0 fully saturated rings. The lowest BCUT2D eigenvalue weighted by molar-refractivity contribution is -0.598. The molecule has 2 aromatic carbocycles. The summed E-state index contributed by atoms with van der Waals surface area (Å²) in [5.74, 6) is 0.889. The standard InChI is InChI=1S/C20H25IN2O2/c1-4-23(5-2)20(24)22-15-14-16-8-6-7-9-19(16)21-17-10-12-18(25-3)13-11-17/h6-13H,4-5,14-15H2,1-3H3/p+1. The normalized spacial score (nSPS) is 10.4. The van der Waals surface area contributed by atoms with Gasteiger partial charge in [0.1, 0.15) is 5.75 Å². The molecule has 0 unspecified atom stereocenters. The third-order valence-corrected chi connectivity index (χ3v) is 6.91. The van der Waals surface area contributed by atoms with E-state index in [9.17, 15) is 4.79 Å². The number of benzene rings is 2. The van der Waals surface area contributed by atoms with Crippen LogP contribution in [0.5, 0.6) is 5.75 Å². The number of hydrogen-bond acceptors (Lipinski definition) is 2. The van der Waals surface area contributed by atoms with Gasteiger partial charge in [-0.25, -0.2) is 4.79 Å². The van der Waals surface area contributed by atoms with E-state index in [1.54, 1.807) is 12.0 Å². The molecule has 0 bridgehead atoms. The van der Waals surface area contributed by atoms with Crippen LogP contribution < -0.4 is 31.3 Å². The quantitative estimate of drug-likeness (QED) is 0.589. The minimum atomic E-state index is -0.243. The molecule has 0 aromatic heterocycles. The number of hydrogen-bond donors (Lipinski definition) is 1. The lowest BCUT2D eigenvalue weighted by Gasteiger charge is -2.19. The number of nitrogens with one attached hydrogen (secondary N) is 1. The number of nitrogens with zero attached hydrogens (tertiary/aromatic N) is 1. The molecule has 0 atom stereocenters. The molecule has 2 rings (SSSR count). The Labute approximate surface area is 160 Å². The van der Waals surface area contributed by atoms with Gasteiger partial charge in [-0.05, 0) is 50.6 Å². The van der Waals surface area contributed by atoms with Crippen LogP contribution in [0.2, 0.25) is 0 Å². The number of amides is 2. The van der Waals surface area contributed by atoms with Gasteiger partial charge in [0.05, 0.1) is 7.11 Å². The van der Waals surface area contributed by atoms with Gasteiger partial charge < -0.3 is 15.0 Å². The van der Waals surface area contributed by atoms with Gasteiger partial charge in [0.2, 0.25) is 0 Å². The highest BCUT2D eigenvalue weighted by atomic mass is 127. The van der Waals surface area contributed by atoms with Gasteiger partial charge in [-0.1, -0.05) is 18.2 Å². The van der Waals surface area contributed by atoms with E-state index in [1.165, 1.54) is 12.7 Å². The lowest BCUT2D eigenvalue weighted by atomic mass is 10.1. The van der Waals surface area contributed by atoms with E-state index in [0.717, 1.165) is 25.3 Å². The highest BCUT2D eigenvalue weighted by Gasteiger charge is 2.19. The molecule has 0 aliphatic heterocycles. The molecule has 0 heterocycles. The molecule has 0 saturated carbocycles. The number of ether oxygens (including phenoxy) is 1. The smallest absolute Gasteiger partial charge is 0.358 e. The van der Waals surface area contributed by atoms with Crippen molar-refractivity contribution in [3.05, 3.63) is 61.2 Å². The minimum Gasteiger partial charge on any atom is -0.497 e. The van der Waals surface area contributed by atoms with Gasteiger partial charge in [-0.15, -0.1) is 0 Å². The first-order valence-electron chi connectivity index (χ1n) is 8.57. The minimum absolute atomic E-state index is 0.0207. The van der Waals surface area contributed by atoms with E-state index in [2.05, 4.69) is 41.7 Å². The maximum atomic E-state index is 12.0. The Balaban J connectivity index is 1.96. The fraction of sp³-hybridized carbons (Fsp3) is 0.350. The molecule has 0 aliphatic rings. The Morgan fingerprint density at radius 2 is 1.76 bits per heavy atom. The van der Waals surface area contributed by atoms with Gasteiger partial charge in [-0.2, -0.15) is 0 Å². The van der Waals surface area contributed by atoms with Crippen molar-refractivity contribution in [3.8, 4) is 5.75 Å². The van der Waals surface area contributed by atoms with E-state index >= 15 is 0 Å². The van der Waals surface area contributed by atoms with Crippen molar-refractivity contribution in [1.29, 1.82) is 0 Å². The molecule has 1 N–H and O–H groups in total. The van der Waals surface area contributed by atoms with Crippen molar-refractivity contribution >= 4 is 6.03 Å². The van der Waals surface area contributed by atoms with Crippen LogP contribution in [0.1, 0.15) is 19.4 Å². The van der Waals surface area contributed by atoms with Crippen molar-refractivity contribution in [2.75, 3.05) is 26.7 Å². The van der Waals surface area contributed by atoms with E-state index in [0.29, 0.717) is 6.54 Å². The fourth-order valence-corrected chi connectivity index (χ4v) is 5.04. The molecular formula is C20H26IN2O2+. The monoisotopic (exact) mass is 453 g/mol. The number of urea groups is 1. The Bertz CT molecular complexity index is 670. The number of methoxy groups -OCH3 is 1. The van der Waals surface area contributed by atoms with Crippen molar-refractivity contribution in [2.45, 2.75) is 20.3 Å². The molecule has 134 valence electrons. The van der Waals surface area contributed by atoms with Gasteiger partial charge in [0, 0.05) is 25.2 Å². The van der Waals surface area contributed by atoms with Crippen LogP contribution >= 0.6 is 0 Å². The Morgan fingerprint density at radius 3 is 2.40 bits per heavy atom. The van der Waals surface area contributed by atoms with E-state index < -0.39 is 0 Å². The van der Waals surface area contributed by atoms with Gasteiger partial charge >= 0.3 is 27.2 Å². The van der Waals surface area contributed by atoms with Gasteiger partial charge in [-0.3, -0.25) is 0 Å². The van der Waals surface area contributed by atoms with Crippen molar-refractivity contribution in [3.63, 3.8) is 0 Å². The number of halogens is 1. The largest absolute Gasteiger partial charge is 0.497 e. The molecule has 0 radical (unpaired) electrons. The first-order chi connectivity index (χ1) is 12.2. The summed E-state index contributed by atoms with van der Waals surface area (Å²) in [6.07, 6.45) is 0.860. The van der Waals surface area contributed by atoms with E-state index in [1.807, 2.05) is 26.0 Å². The Hall–Kier alpha value is -1.76. The van der Waals surface area contributed by atoms with Gasteiger partial charge in [0.15, 0.2) is 7.14 Å². The molecule has 0 aliphatic carbocycles. The number of rotatable bonds is 8. The molecule has 5 heteroatoms. The first kappa shape index (κ1) is 19.6. The van der Waals surface area contributed by atoms with Crippen LogP contribution in [0, 0.1) is 7.14 Å². The second-order valence-electron chi connectivity index (χ2n) is 5.50. The zero-order chi connectivity index (χ0) is 18.1. The summed E-state index contributed by atoms with van der Waals surface area (Å²) in [5.41, 5.74) is 1.32. The summed E-state index contributed by atoms with van der Waals surface area (Å²) in [6.45, 7) is 6.14. The zero-order valence-corrected chi connectivity index (χ0v) is 17.2. The predicted octanol–water partition coefficient (Wildman–Crippen LogP) is 0.418. The molecule has 2 amide bonds. The van der Waals surface area contributed by atoms with Crippen LogP contribution in [0.15, 0.2) is 48.5 Å². The second-order valence-corrected chi connectivity index (χ2v) is 8.45. The predicted molar refractivity (Wildman–Crippen MR) is 96.9 cm³/mol. The highest BCUT2D eigenvalue weighted by molar-refractivity contribution is 5.74. The number of carbonyl (C=O) groups is 1. The Kier molecular flexibility index (Phi) is 8.04. The average molecular weight is 453 g/mol. The van der Waals surface area contributed by atoms with Crippen LogP contribution in [-0.2, 0) is 6.42 Å². The number of carbonyl (C=O) groups excluding carboxylic acids is 1. The first-order valence-corrected chi connectivity index (χ1v) is 10.7.